The predicted octanol–water partition coefficient (Wildman–Crippen LogP) is 23.6. The third kappa shape index (κ3) is 26.1. The molecule has 0 spiro atoms. The molecule has 0 saturated carbocycles. The fraction of sp³-hybridized carbons (Fsp3) is 0.793. The molecule has 0 fully saturated rings. The number of benzene rings is 2. The average Bonchev–Trinajstić information content (AvgIpc) is 0.696. The van der Waals surface area contributed by atoms with Gasteiger partial charge in [-0.05, 0) is 211 Å². The van der Waals surface area contributed by atoms with Crippen molar-refractivity contribution in [2.45, 2.75) is 344 Å². The molecule has 0 radical (unpaired) electrons. The van der Waals surface area contributed by atoms with Crippen molar-refractivity contribution in [3.63, 3.8) is 0 Å². The van der Waals surface area contributed by atoms with Crippen molar-refractivity contribution in [2.24, 2.45) is 73.9 Å². The van der Waals surface area contributed by atoms with Crippen molar-refractivity contribution < 1.29 is 52.4 Å². The Balaban J connectivity index is 3.33. The van der Waals surface area contributed by atoms with E-state index in [1.165, 1.54) is 0 Å². The number of ether oxygens (including phenoxy) is 6. The molecule has 0 aliphatic heterocycles. The average molecular weight is 1380 g/mol. The van der Waals surface area contributed by atoms with Gasteiger partial charge in [0.25, 0.3) is 0 Å². The molecule has 9 unspecified atom stereocenters. The Morgan fingerprint density at radius 1 is 0.404 bits per heavy atom. The van der Waals surface area contributed by atoms with Gasteiger partial charge >= 0.3 is 29.8 Å². The summed E-state index contributed by atoms with van der Waals surface area (Å²) in [6, 6.07) is 17.8. The van der Waals surface area contributed by atoms with Crippen LogP contribution in [0.4, 0.5) is 0 Å². The van der Waals surface area contributed by atoms with Crippen molar-refractivity contribution in [1.82, 2.24) is 0 Å². The van der Waals surface area contributed by atoms with Gasteiger partial charge in [-0.25, -0.2) is 0 Å². The van der Waals surface area contributed by atoms with Gasteiger partial charge in [-0.1, -0.05) is 225 Å². The van der Waals surface area contributed by atoms with Crippen molar-refractivity contribution in [2.75, 3.05) is 26.4 Å². The monoisotopic (exact) mass is 1380 g/mol. The highest BCUT2D eigenvalue weighted by molar-refractivity contribution is 5.86. The Bertz CT molecular complexity index is 2650. The zero-order valence-electron chi connectivity index (χ0n) is 67.4. The normalized spacial score (nSPS) is 16.1. The van der Waals surface area contributed by atoms with Gasteiger partial charge in [0.05, 0.1) is 79.9 Å². The molecular weight excluding hydrogens is 1230 g/mol. The van der Waals surface area contributed by atoms with Gasteiger partial charge in [0, 0.05) is 0 Å². The summed E-state index contributed by atoms with van der Waals surface area (Å²) < 4.78 is 39.3. The number of nitriles is 1. The maximum atomic E-state index is 17.0. The fourth-order valence-electron chi connectivity index (χ4n) is 17.7. The molecule has 12 heteroatoms. The van der Waals surface area contributed by atoms with Gasteiger partial charge in [-0.3, -0.25) is 24.0 Å². The first-order valence-electron chi connectivity index (χ1n) is 40.0. The zero-order chi connectivity index (χ0) is 74.6. The second kappa shape index (κ2) is 45.2. The lowest BCUT2D eigenvalue weighted by atomic mass is 9.38. The van der Waals surface area contributed by atoms with E-state index in [0.717, 1.165) is 113 Å². The second-order valence-electron chi connectivity index (χ2n) is 32.7. The van der Waals surface area contributed by atoms with Crippen LogP contribution in [0.2, 0.25) is 0 Å². The lowest BCUT2D eigenvalue weighted by molar-refractivity contribution is -0.217. The Morgan fingerprint density at radius 3 is 1.33 bits per heavy atom. The van der Waals surface area contributed by atoms with E-state index < -0.39 is 98.2 Å². The number of carbonyl (C=O) groups excluding carboxylic acids is 5. The van der Waals surface area contributed by atoms with Crippen LogP contribution in [0.25, 0.3) is 11.1 Å². The standard InChI is InChI=1S/C87H147NO11/c1-23-32-39-56-84(22,62-72(82(18,19)55-40-38-43-64(10)11)77(89)97-60-42-37-36-41-59-96-71-50-48-70(49-51-71)69-46-44-68(63-88)45-47-69)85(29-7,57-34-25-3)75(78(90)94-30-8)76(79(91)95-31-9)87(53-28-6,61-65(12)13)86(52-27-5,58-35-26-4)74(81(93)99-67(16)17)73(80(92)98-66(14)15)83(20,21)54-33-24-2/h44-51,64-67,72-76H,23-43,52-62H2,1-22H3. The van der Waals surface area contributed by atoms with E-state index >= 15 is 24.0 Å². The van der Waals surface area contributed by atoms with Gasteiger partial charge in [0.2, 0.25) is 0 Å². The third-order valence-electron chi connectivity index (χ3n) is 22.5. The highest BCUT2D eigenvalue weighted by Crippen LogP contribution is 2.70. The van der Waals surface area contributed by atoms with Crippen LogP contribution in [0, 0.1) is 85.2 Å². The number of carbonyl (C=O) groups is 5. The maximum absolute atomic E-state index is 17.0. The Labute approximate surface area is 606 Å². The summed E-state index contributed by atoms with van der Waals surface area (Å²) in [7, 11) is 0. The molecule has 0 aromatic heterocycles. The van der Waals surface area contributed by atoms with Crippen LogP contribution >= 0.6 is 0 Å². The Hall–Kier alpha value is -4.92. The summed E-state index contributed by atoms with van der Waals surface area (Å²) in [6.07, 6.45) is 19.5. The smallest absolute Gasteiger partial charge is 0.310 e. The Kier molecular flexibility index (Phi) is 41.2. The largest absolute Gasteiger partial charge is 0.494 e. The van der Waals surface area contributed by atoms with Crippen LogP contribution in [0.5, 0.6) is 5.75 Å². The zero-order valence-corrected chi connectivity index (χ0v) is 67.4. The molecule has 0 bridgehead atoms. The SMILES string of the molecule is CCCCCC(C)(CC(C(=O)OCCCCCCOc1ccc(-c2ccc(C#N)cc2)cc1)C(C)(C)CCCCC(C)C)C(CC)(CCCC)C(C(=O)OCC)C(C(=O)OCC)C(CCC)(CC(C)C)C(CCC)(CCCC)C(C(=O)OC(C)C)C(C(=O)OC(C)C)C(C)(C)CCCC. The highest BCUT2D eigenvalue weighted by atomic mass is 16.6. The van der Waals surface area contributed by atoms with Crippen molar-refractivity contribution in [1.29, 1.82) is 5.26 Å². The van der Waals surface area contributed by atoms with E-state index in [2.05, 4.69) is 117 Å². The first kappa shape index (κ1) is 90.2. The first-order valence-corrected chi connectivity index (χ1v) is 40.0. The van der Waals surface area contributed by atoms with Crippen LogP contribution in [0.3, 0.4) is 0 Å². The van der Waals surface area contributed by atoms with Gasteiger partial charge in [-0.2, -0.15) is 5.26 Å². The second-order valence-corrected chi connectivity index (χ2v) is 32.7. The van der Waals surface area contributed by atoms with Crippen molar-refractivity contribution in [3.05, 3.63) is 54.1 Å². The highest BCUT2D eigenvalue weighted by Gasteiger charge is 2.71. The molecule has 566 valence electrons. The topological polar surface area (TPSA) is 165 Å². The number of esters is 5. The molecule has 2 aromatic rings. The van der Waals surface area contributed by atoms with E-state index in [1.54, 1.807) is 0 Å². The molecule has 12 nitrogen and oxygen atoms in total. The number of rotatable bonds is 54. The van der Waals surface area contributed by atoms with Crippen LogP contribution in [-0.2, 0) is 47.7 Å². The number of hydrogen-bond acceptors (Lipinski definition) is 12. The van der Waals surface area contributed by atoms with E-state index in [9.17, 15) is 5.26 Å². The minimum Gasteiger partial charge on any atom is -0.494 e. The van der Waals surface area contributed by atoms with E-state index in [0.29, 0.717) is 102 Å². The minimum atomic E-state index is -1.21. The summed E-state index contributed by atoms with van der Waals surface area (Å²) in [4.78, 5) is 82.2. The molecule has 99 heavy (non-hydrogen) atoms. The van der Waals surface area contributed by atoms with Gasteiger partial charge in [0.15, 0.2) is 0 Å². The summed E-state index contributed by atoms with van der Waals surface area (Å²) in [5.74, 6) is -5.75. The van der Waals surface area contributed by atoms with Gasteiger partial charge in [-0.15, -0.1) is 0 Å². The van der Waals surface area contributed by atoms with E-state index in [4.69, 9.17) is 28.4 Å². The minimum absolute atomic E-state index is 0.0581. The summed E-state index contributed by atoms with van der Waals surface area (Å²) in [5.41, 5.74) is -2.79. The summed E-state index contributed by atoms with van der Waals surface area (Å²) in [6.45, 7) is 47.5. The molecule has 0 saturated heterocycles. The third-order valence-corrected chi connectivity index (χ3v) is 22.5. The number of nitrogens with zero attached hydrogens (tertiary/aromatic N) is 1. The molecule has 2 rings (SSSR count). The molecule has 0 N–H and O–H groups in total. The van der Waals surface area contributed by atoms with E-state index in [-0.39, 0.29) is 31.7 Å². The van der Waals surface area contributed by atoms with Gasteiger partial charge < -0.3 is 28.4 Å². The molecule has 0 heterocycles. The molecule has 0 aliphatic rings. The van der Waals surface area contributed by atoms with Crippen molar-refractivity contribution >= 4 is 29.8 Å². The first-order chi connectivity index (χ1) is 46.9. The molecule has 2 aromatic carbocycles. The van der Waals surface area contributed by atoms with Crippen LogP contribution < -0.4 is 4.74 Å². The van der Waals surface area contributed by atoms with Crippen LogP contribution in [0.15, 0.2) is 48.5 Å². The molecular formula is C87H147NO11. The van der Waals surface area contributed by atoms with Gasteiger partial charge in [0.1, 0.15) is 5.75 Å². The van der Waals surface area contributed by atoms with Crippen LogP contribution in [0.1, 0.15) is 338 Å². The predicted molar refractivity (Wildman–Crippen MR) is 408 cm³/mol. The number of hydrogen-bond donors (Lipinski definition) is 0. The van der Waals surface area contributed by atoms with Crippen molar-refractivity contribution in [3.8, 4) is 22.9 Å². The van der Waals surface area contributed by atoms with E-state index in [1.807, 2.05) is 90.1 Å². The maximum Gasteiger partial charge on any atom is 0.310 e. The summed E-state index contributed by atoms with van der Waals surface area (Å²) >= 11 is 0. The molecule has 0 amide bonds. The molecule has 9 atom stereocenters. The fourth-order valence-corrected chi connectivity index (χ4v) is 17.7. The lowest BCUT2D eigenvalue weighted by Gasteiger charge is -2.64. The molecule has 0 aliphatic carbocycles. The van der Waals surface area contributed by atoms with Crippen LogP contribution in [-0.4, -0.2) is 68.5 Å². The Morgan fingerprint density at radius 2 is 0.859 bits per heavy atom. The lowest BCUT2D eigenvalue weighted by Crippen LogP contribution is -2.65. The number of unbranched alkanes of at least 4 members (excludes halogenated alkanes) is 9. The summed E-state index contributed by atoms with van der Waals surface area (Å²) in [5, 5.41) is 9.25. The quantitative estimate of drug-likeness (QED) is 0.0350.